The first-order chi connectivity index (χ1) is 22.2. The highest BCUT2D eigenvalue weighted by molar-refractivity contribution is 9.10. The van der Waals surface area contributed by atoms with E-state index in [1.807, 2.05) is 18.2 Å². The van der Waals surface area contributed by atoms with Gasteiger partial charge in [0.15, 0.2) is 6.17 Å². The molecule has 0 spiro atoms. The summed E-state index contributed by atoms with van der Waals surface area (Å²) in [5, 5.41) is 8.34. The van der Waals surface area contributed by atoms with Crippen LogP contribution in [0, 0.1) is 0 Å². The maximum absolute atomic E-state index is 5.24. The van der Waals surface area contributed by atoms with Crippen molar-refractivity contribution < 1.29 is 0 Å². The Morgan fingerprint density at radius 3 is 1.82 bits per heavy atom. The quantitative estimate of drug-likeness (QED) is 0.199. The fourth-order valence-electron chi connectivity index (χ4n) is 6.17. The van der Waals surface area contributed by atoms with Gasteiger partial charge in [-0.15, -0.1) is 0 Å². The Hall–Kier alpha value is -5.32. The van der Waals surface area contributed by atoms with Crippen LogP contribution in [0.3, 0.4) is 0 Å². The zero-order chi connectivity index (χ0) is 30.2. The number of nitrogens with one attached hydrogen (secondary N) is 1. The van der Waals surface area contributed by atoms with Gasteiger partial charge in [-0.3, -0.25) is 0 Å². The van der Waals surface area contributed by atoms with Crippen LogP contribution in [0.1, 0.15) is 22.9 Å². The van der Waals surface area contributed by atoms with Crippen molar-refractivity contribution in [3.05, 3.63) is 179 Å². The number of amidine groups is 2. The highest BCUT2D eigenvalue weighted by Crippen LogP contribution is 2.39. The van der Waals surface area contributed by atoms with Crippen LogP contribution >= 0.6 is 15.9 Å². The monoisotopic (exact) mass is 641 g/mol. The molecule has 7 aromatic rings. The van der Waals surface area contributed by atoms with Gasteiger partial charge in [0.05, 0.1) is 0 Å². The molecule has 1 heterocycles. The summed E-state index contributed by atoms with van der Waals surface area (Å²) in [5.41, 5.74) is 7.75. The zero-order valence-electron chi connectivity index (χ0n) is 24.4. The van der Waals surface area contributed by atoms with Gasteiger partial charge in [-0.2, -0.15) is 0 Å². The van der Waals surface area contributed by atoms with Crippen LogP contribution in [-0.2, 0) is 0 Å². The molecular weight excluding hydrogens is 614 g/mol. The number of fused-ring (bicyclic) bond motifs is 2. The van der Waals surface area contributed by atoms with Crippen molar-refractivity contribution in [2.24, 2.45) is 9.98 Å². The Labute approximate surface area is 270 Å². The van der Waals surface area contributed by atoms with Crippen LogP contribution in [0.5, 0.6) is 0 Å². The average Bonchev–Trinajstić information content (AvgIpc) is 3.12. The third-order valence-electron chi connectivity index (χ3n) is 8.41. The predicted molar refractivity (Wildman–Crippen MR) is 192 cm³/mol. The molecule has 0 aromatic heterocycles. The maximum Gasteiger partial charge on any atom is 0.169 e. The first-order valence-corrected chi connectivity index (χ1v) is 15.9. The van der Waals surface area contributed by atoms with Crippen LogP contribution in [0.4, 0.5) is 0 Å². The third kappa shape index (κ3) is 5.13. The Morgan fingerprint density at radius 2 is 1.04 bits per heavy atom. The Morgan fingerprint density at radius 1 is 0.444 bits per heavy atom. The van der Waals surface area contributed by atoms with Gasteiger partial charge in [-0.1, -0.05) is 146 Å². The standard InChI is InChI=1S/C41H28BrN3/c42-38-33-20-10-8-15-29(33)22-25-36(38)41-44-39(30-16-5-2-6-17-30)43-40(45-41)31-23-24-35(37(26-31)28-12-3-1-4-13-28)34-21-11-18-27-14-7-9-19-32(27)34/h1-26,40H,(H,43,44,45). The van der Waals surface area contributed by atoms with Gasteiger partial charge in [0, 0.05) is 15.6 Å². The molecule has 45 heavy (non-hydrogen) atoms. The smallest absolute Gasteiger partial charge is 0.169 e. The molecule has 0 aliphatic carbocycles. The van der Waals surface area contributed by atoms with Gasteiger partial charge >= 0.3 is 0 Å². The van der Waals surface area contributed by atoms with E-state index in [0.29, 0.717) is 0 Å². The molecule has 0 radical (unpaired) electrons. The molecule has 0 amide bonds. The van der Waals surface area contributed by atoms with Gasteiger partial charge in [0.1, 0.15) is 11.7 Å². The molecule has 1 unspecified atom stereocenters. The Kier molecular flexibility index (Phi) is 7.05. The summed E-state index contributed by atoms with van der Waals surface area (Å²) in [4.78, 5) is 10.4. The molecule has 8 rings (SSSR count). The normalized spacial score (nSPS) is 14.6. The summed E-state index contributed by atoms with van der Waals surface area (Å²) < 4.78 is 1.01. The summed E-state index contributed by atoms with van der Waals surface area (Å²) >= 11 is 3.91. The molecule has 3 nitrogen and oxygen atoms in total. The van der Waals surface area contributed by atoms with Crippen LogP contribution < -0.4 is 5.32 Å². The number of hydrogen-bond donors (Lipinski definition) is 1. The number of rotatable bonds is 5. The summed E-state index contributed by atoms with van der Waals surface area (Å²) in [6.45, 7) is 0. The number of benzene rings is 7. The fraction of sp³-hybridized carbons (Fsp3) is 0.0244. The number of hydrogen-bond acceptors (Lipinski definition) is 3. The minimum Gasteiger partial charge on any atom is -0.324 e. The van der Waals surface area contributed by atoms with Crippen molar-refractivity contribution in [1.29, 1.82) is 0 Å². The van der Waals surface area contributed by atoms with Gasteiger partial charge in [0.25, 0.3) is 0 Å². The molecule has 1 aliphatic heterocycles. The van der Waals surface area contributed by atoms with Crippen molar-refractivity contribution in [2.75, 3.05) is 0 Å². The van der Waals surface area contributed by atoms with Crippen LogP contribution in [0.25, 0.3) is 43.8 Å². The minimum atomic E-state index is -0.432. The molecule has 4 heteroatoms. The SMILES string of the molecule is Brc1c(C2=NC(c3ccc(-c4cccc5ccccc45)c(-c4ccccc4)c3)N=C(c3ccccc3)N2)ccc2ccccc12. The number of nitrogens with zero attached hydrogens (tertiary/aromatic N) is 2. The fourth-order valence-corrected chi connectivity index (χ4v) is 6.85. The summed E-state index contributed by atoms with van der Waals surface area (Å²) in [7, 11) is 0. The molecule has 0 bridgehead atoms. The van der Waals surface area contributed by atoms with E-state index in [1.165, 1.54) is 27.3 Å². The van der Waals surface area contributed by atoms with E-state index >= 15 is 0 Å². The molecule has 0 fully saturated rings. The van der Waals surface area contributed by atoms with Crippen molar-refractivity contribution in [1.82, 2.24) is 5.32 Å². The van der Waals surface area contributed by atoms with Crippen LogP contribution in [0.2, 0.25) is 0 Å². The molecule has 0 saturated carbocycles. The van der Waals surface area contributed by atoms with Gasteiger partial charge in [-0.25, -0.2) is 9.98 Å². The van der Waals surface area contributed by atoms with E-state index in [2.05, 4.69) is 161 Å². The maximum atomic E-state index is 5.24. The lowest BCUT2D eigenvalue weighted by molar-refractivity contribution is 0.756. The largest absolute Gasteiger partial charge is 0.324 e. The predicted octanol–water partition coefficient (Wildman–Crippen LogP) is 10.6. The number of aliphatic imine (C=N–C) groups is 2. The highest BCUT2D eigenvalue weighted by atomic mass is 79.9. The molecule has 1 N–H and O–H groups in total. The average molecular weight is 643 g/mol. The molecular formula is C41H28BrN3. The van der Waals surface area contributed by atoms with Gasteiger partial charge < -0.3 is 5.32 Å². The molecule has 0 saturated heterocycles. The molecule has 1 atom stereocenters. The van der Waals surface area contributed by atoms with Crippen molar-refractivity contribution in [3.8, 4) is 22.3 Å². The second-order valence-electron chi connectivity index (χ2n) is 11.2. The van der Waals surface area contributed by atoms with E-state index in [0.717, 1.165) is 49.3 Å². The lowest BCUT2D eigenvalue weighted by atomic mass is 9.89. The van der Waals surface area contributed by atoms with Crippen LogP contribution in [-0.4, -0.2) is 11.7 Å². The van der Waals surface area contributed by atoms with Gasteiger partial charge in [-0.05, 0) is 77.4 Å². The van der Waals surface area contributed by atoms with E-state index in [4.69, 9.17) is 9.98 Å². The minimum absolute atomic E-state index is 0.432. The summed E-state index contributed by atoms with van der Waals surface area (Å²) in [6, 6.07) is 55.3. The Bertz CT molecular complexity index is 2250. The van der Waals surface area contributed by atoms with Crippen molar-refractivity contribution in [3.63, 3.8) is 0 Å². The summed E-state index contributed by atoms with van der Waals surface area (Å²) in [6.07, 6.45) is -0.432. The Balaban J connectivity index is 1.31. The van der Waals surface area contributed by atoms with Crippen molar-refractivity contribution >= 4 is 49.1 Å². The third-order valence-corrected chi connectivity index (χ3v) is 9.27. The lowest BCUT2D eigenvalue weighted by Gasteiger charge is -2.24. The van der Waals surface area contributed by atoms with Gasteiger partial charge in [0.2, 0.25) is 0 Å². The highest BCUT2D eigenvalue weighted by Gasteiger charge is 2.23. The second-order valence-corrected chi connectivity index (χ2v) is 12.0. The number of halogens is 1. The molecule has 1 aliphatic rings. The topological polar surface area (TPSA) is 36.8 Å². The first-order valence-electron chi connectivity index (χ1n) is 15.1. The van der Waals surface area contributed by atoms with E-state index in [9.17, 15) is 0 Å². The zero-order valence-corrected chi connectivity index (χ0v) is 25.9. The van der Waals surface area contributed by atoms with E-state index < -0.39 is 6.17 Å². The van der Waals surface area contributed by atoms with E-state index in [1.54, 1.807) is 0 Å². The lowest BCUT2D eigenvalue weighted by Crippen LogP contribution is -2.36. The molecule has 7 aromatic carbocycles. The molecule has 214 valence electrons. The van der Waals surface area contributed by atoms with E-state index in [-0.39, 0.29) is 0 Å². The summed E-state index contributed by atoms with van der Waals surface area (Å²) in [5.74, 6) is 1.58. The first kappa shape index (κ1) is 27.2. The second kappa shape index (κ2) is 11.6. The van der Waals surface area contributed by atoms with Crippen LogP contribution in [0.15, 0.2) is 172 Å². The van der Waals surface area contributed by atoms with Crippen molar-refractivity contribution in [2.45, 2.75) is 6.17 Å².